The van der Waals surface area contributed by atoms with Crippen LogP contribution < -0.4 is 9.64 Å². The lowest BCUT2D eigenvalue weighted by Crippen LogP contribution is -2.39. The van der Waals surface area contributed by atoms with Gasteiger partial charge in [0.15, 0.2) is 9.84 Å². The first kappa shape index (κ1) is 18.9. The van der Waals surface area contributed by atoms with Crippen molar-refractivity contribution in [3.8, 4) is 5.75 Å². The summed E-state index contributed by atoms with van der Waals surface area (Å²) < 4.78 is 29.3. The Morgan fingerprint density at radius 1 is 1.31 bits per heavy atom. The van der Waals surface area contributed by atoms with Gasteiger partial charge < -0.3 is 9.64 Å². The van der Waals surface area contributed by atoms with Gasteiger partial charge in [0.05, 0.1) is 28.4 Å². The number of sulfone groups is 1. The Morgan fingerprint density at radius 3 is 2.58 bits per heavy atom. The van der Waals surface area contributed by atoms with Crippen LogP contribution in [0.25, 0.3) is 0 Å². The molecule has 1 atom stereocenters. The molecule has 8 heteroatoms. The number of aromatic nitrogens is 2. The second kappa shape index (κ2) is 7.80. The molecule has 0 bridgehead atoms. The Balaban J connectivity index is 1.58. The zero-order chi connectivity index (χ0) is 18.7. The minimum Gasteiger partial charge on any atom is -0.490 e. The van der Waals surface area contributed by atoms with Gasteiger partial charge >= 0.3 is 0 Å². The summed E-state index contributed by atoms with van der Waals surface area (Å²) >= 11 is 5.83. The molecule has 2 aromatic rings. The number of hydrogen-bond acceptors (Lipinski definition) is 6. The van der Waals surface area contributed by atoms with E-state index in [4.69, 9.17) is 16.3 Å². The van der Waals surface area contributed by atoms with Crippen molar-refractivity contribution in [3.63, 3.8) is 0 Å². The normalized spacial score (nSPS) is 17.1. The summed E-state index contributed by atoms with van der Waals surface area (Å²) in [5, 5.41) is 0.527. The van der Waals surface area contributed by atoms with E-state index in [0.717, 1.165) is 25.9 Å². The van der Waals surface area contributed by atoms with Crippen LogP contribution in [-0.2, 0) is 9.84 Å². The van der Waals surface area contributed by atoms with Crippen LogP contribution in [-0.4, -0.2) is 43.8 Å². The molecule has 6 nitrogen and oxygen atoms in total. The third-order valence-corrected chi connectivity index (χ3v) is 5.79. The summed E-state index contributed by atoms with van der Waals surface area (Å²) in [6.45, 7) is 3.71. The lowest BCUT2D eigenvalue weighted by Gasteiger charge is -2.34. The van der Waals surface area contributed by atoms with Crippen LogP contribution >= 0.6 is 11.6 Å². The van der Waals surface area contributed by atoms with Crippen molar-refractivity contribution < 1.29 is 13.2 Å². The Labute approximate surface area is 159 Å². The number of ether oxygens (including phenoxy) is 1. The lowest BCUT2D eigenvalue weighted by atomic mass is 9.92. The van der Waals surface area contributed by atoms with Gasteiger partial charge in [-0.05, 0) is 43.9 Å². The first-order valence-electron chi connectivity index (χ1n) is 8.44. The van der Waals surface area contributed by atoms with Gasteiger partial charge in [0.2, 0.25) is 5.95 Å². The number of nitrogens with zero attached hydrogens (tertiary/aromatic N) is 3. The van der Waals surface area contributed by atoms with Gasteiger partial charge in [-0.1, -0.05) is 11.6 Å². The molecule has 0 saturated carbocycles. The summed E-state index contributed by atoms with van der Waals surface area (Å²) in [7, 11) is -3.29. The van der Waals surface area contributed by atoms with Crippen molar-refractivity contribution in [1.82, 2.24) is 9.97 Å². The molecule has 1 aliphatic heterocycles. The van der Waals surface area contributed by atoms with E-state index in [1.807, 2.05) is 6.92 Å². The third-order valence-electron chi connectivity index (χ3n) is 4.56. The van der Waals surface area contributed by atoms with E-state index in [0.29, 0.717) is 22.6 Å². The van der Waals surface area contributed by atoms with Gasteiger partial charge in [0.1, 0.15) is 5.75 Å². The number of rotatable bonds is 5. The fraction of sp³-hybridized carbons (Fsp3) is 0.444. The highest BCUT2D eigenvalue weighted by Gasteiger charge is 2.26. The van der Waals surface area contributed by atoms with Crippen LogP contribution in [0, 0.1) is 12.0 Å². The van der Waals surface area contributed by atoms with E-state index in [2.05, 4.69) is 20.9 Å². The number of piperidine rings is 1. The highest BCUT2D eigenvalue weighted by Crippen LogP contribution is 2.27. The lowest BCUT2D eigenvalue weighted by molar-refractivity contribution is 0.132. The molecule has 1 fully saturated rings. The fourth-order valence-corrected chi connectivity index (χ4v) is 3.77. The SMILES string of the molecule is CC(Oc1cc[c]c(S(C)(=O)=O)c1)C1CCN(c2ncc(Cl)cn2)CC1. The fourth-order valence-electron chi connectivity index (χ4n) is 3.06. The van der Waals surface area contributed by atoms with E-state index in [9.17, 15) is 8.42 Å². The van der Waals surface area contributed by atoms with Crippen molar-refractivity contribution in [2.75, 3.05) is 24.2 Å². The first-order valence-corrected chi connectivity index (χ1v) is 10.7. The number of benzene rings is 1. The minimum atomic E-state index is -3.29. The first-order chi connectivity index (χ1) is 12.3. The van der Waals surface area contributed by atoms with Crippen molar-refractivity contribution in [2.24, 2.45) is 5.92 Å². The monoisotopic (exact) mass is 394 g/mol. The van der Waals surface area contributed by atoms with E-state index in [-0.39, 0.29) is 11.0 Å². The number of anilines is 1. The Bertz CT molecular complexity index is 850. The Morgan fingerprint density at radius 2 is 1.96 bits per heavy atom. The topological polar surface area (TPSA) is 72.4 Å². The second-order valence-electron chi connectivity index (χ2n) is 6.51. The molecule has 1 unspecified atom stereocenters. The number of halogens is 1. The molecule has 0 spiro atoms. The molecular formula is C18H21ClN3O3S. The molecule has 1 radical (unpaired) electrons. The van der Waals surface area contributed by atoms with Gasteiger partial charge in [0.25, 0.3) is 0 Å². The predicted molar refractivity (Wildman–Crippen MR) is 100 cm³/mol. The van der Waals surface area contributed by atoms with E-state index in [1.54, 1.807) is 24.5 Å². The molecule has 1 saturated heterocycles. The predicted octanol–water partition coefficient (Wildman–Crippen LogP) is 3.02. The Hall–Kier alpha value is -1.86. The molecular weight excluding hydrogens is 374 g/mol. The Kier molecular flexibility index (Phi) is 5.67. The third kappa shape index (κ3) is 4.65. The summed E-state index contributed by atoms with van der Waals surface area (Å²) in [5.41, 5.74) is 0. The average molecular weight is 395 g/mol. The minimum absolute atomic E-state index is 0.0157. The van der Waals surface area contributed by atoms with Crippen molar-refractivity contribution in [2.45, 2.75) is 30.8 Å². The summed E-state index contributed by atoms with van der Waals surface area (Å²) in [6.07, 6.45) is 6.26. The molecule has 0 aliphatic carbocycles. The largest absolute Gasteiger partial charge is 0.490 e. The average Bonchev–Trinajstić information content (AvgIpc) is 2.62. The van der Waals surface area contributed by atoms with Crippen LogP contribution in [0.5, 0.6) is 5.75 Å². The maximum absolute atomic E-state index is 11.7. The van der Waals surface area contributed by atoms with Crippen LogP contribution in [0.15, 0.2) is 35.5 Å². The van der Waals surface area contributed by atoms with Gasteiger partial charge in [-0.3, -0.25) is 0 Å². The smallest absolute Gasteiger partial charge is 0.225 e. The molecule has 1 aromatic carbocycles. The maximum Gasteiger partial charge on any atom is 0.225 e. The molecule has 26 heavy (non-hydrogen) atoms. The van der Waals surface area contributed by atoms with Crippen LogP contribution in [0.4, 0.5) is 5.95 Å². The number of hydrogen-bond donors (Lipinski definition) is 0. The zero-order valence-corrected chi connectivity index (χ0v) is 16.3. The van der Waals surface area contributed by atoms with Gasteiger partial charge in [-0.2, -0.15) is 0 Å². The van der Waals surface area contributed by atoms with Crippen LogP contribution in [0.1, 0.15) is 19.8 Å². The molecule has 1 aliphatic rings. The van der Waals surface area contributed by atoms with Gasteiger partial charge in [-0.25, -0.2) is 18.4 Å². The van der Waals surface area contributed by atoms with E-state index >= 15 is 0 Å². The van der Waals surface area contributed by atoms with Crippen molar-refractivity contribution in [3.05, 3.63) is 41.7 Å². The van der Waals surface area contributed by atoms with Crippen LogP contribution in [0.3, 0.4) is 0 Å². The van der Waals surface area contributed by atoms with Gasteiger partial charge in [-0.15, -0.1) is 0 Å². The zero-order valence-electron chi connectivity index (χ0n) is 14.7. The van der Waals surface area contributed by atoms with Crippen molar-refractivity contribution in [1.29, 1.82) is 0 Å². The van der Waals surface area contributed by atoms with Gasteiger partial charge in [0, 0.05) is 25.4 Å². The standard InChI is InChI=1S/C18H21ClN3O3S/c1-13(25-16-4-3-5-17(10-16)26(2,23)24)14-6-8-22(9-7-14)18-20-11-15(19)12-21-18/h3-4,10-14H,6-9H2,1-2H3. The maximum atomic E-state index is 11.7. The highest BCUT2D eigenvalue weighted by molar-refractivity contribution is 7.90. The molecule has 0 amide bonds. The summed E-state index contributed by atoms with van der Waals surface area (Å²) in [6, 6.07) is 7.58. The molecule has 3 rings (SSSR count). The molecule has 2 heterocycles. The second-order valence-corrected chi connectivity index (χ2v) is 8.93. The van der Waals surface area contributed by atoms with Crippen LogP contribution in [0.2, 0.25) is 5.02 Å². The molecule has 1 aromatic heterocycles. The molecule has 0 N–H and O–H groups in total. The van der Waals surface area contributed by atoms with E-state index in [1.165, 1.54) is 12.3 Å². The summed E-state index contributed by atoms with van der Waals surface area (Å²) in [5.74, 6) is 1.63. The highest BCUT2D eigenvalue weighted by atomic mass is 35.5. The van der Waals surface area contributed by atoms with E-state index < -0.39 is 9.84 Å². The quantitative estimate of drug-likeness (QED) is 0.776. The summed E-state index contributed by atoms with van der Waals surface area (Å²) in [4.78, 5) is 10.8. The molecule has 139 valence electrons. The van der Waals surface area contributed by atoms with Crippen molar-refractivity contribution >= 4 is 27.4 Å².